The van der Waals surface area contributed by atoms with E-state index in [2.05, 4.69) is 5.43 Å². The smallest absolute Gasteiger partial charge is 0.343 e. The predicted molar refractivity (Wildman–Crippen MR) is 111 cm³/mol. The van der Waals surface area contributed by atoms with Crippen molar-refractivity contribution in [3.8, 4) is 0 Å². The van der Waals surface area contributed by atoms with Gasteiger partial charge in [-0.15, -0.1) is 0 Å². The van der Waals surface area contributed by atoms with Crippen LogP contribution in [0.25, 0.3) is 0 Å². The highest BCUT2D eigenvalue weighted by atomic mass is 19.2. The van der Waals surface area contributed by atoms with Crippen LogP contribution in [0.5, 0.6) is 0 Å². The molecule has 0 unspecified atom stereocenters. The van der Waals surface area contributed by atoms with Crippen LogP contribution in [0.2, 0.25) is 0 Å². The van der Waals surface area contributed by atoms with E-state index in [9.17, 15) is 32.9 Å². The number of hydrazine groups is 1. The molecule has 0 aliphatic heterocycles. The van der Waals surface area contributed by atoms with Gasteiger partial charge in [-0.25, -0.2) is 18.6 Å². The molecule has 0 bridgehead atoms. The number of halogens is 3. The Morgan fingerprint density at radius 2 is 1.66 bits per heavy atom. The molecule has 0 aromatic heterocycles. The number of nitrogens with one attached hydrogen (secondary N) is 1. The van der Waals surface area contributed by atoms with E-state index >= 15 is 0 Å². The SMILES string of the molecule is CCCCOC(=O)/C(=C/NN(CCC)CCC)C(=O)c1c(F)c(C)c(F)c(F)c1[N+](=O)[O-]. The number of carbonyl (C=O) groups excluding carboxylic acids is 2. The Hall–Kier alpha value is -2.95. The number of hydrogen-bond acceptors (Lipinski definition) is 7. The van der Waals surface area contributed by atoms with Crippen molar-refractivity contribution in [1.29, 1.82) is 0 Å². The molecule has 0 radical (unpaired) electrons. The number of nitro groups is 1. The molecule has 0 saturated heterocycles. The van der Waals surface area contributed by atoms with Gasteiger partial charge in [-0.1, -0.05) is 27.2 Å². The summed E-state index contributed by atoms with van der Waals surface area (Å²) in [6, 6.07) is 0. The molecular weight excluding hydrogens is 431 g/mol. The van der Waals surface area contributed by atoms with Crippen LogP contribution in [0, 0.1) is 34.5 Å². The topological polar surface area (TPSA) is 102 Å². The number of hydrogen-bond donors (Lipinski definition) is 1. The lowest BCUT2D eigenvalue weighted by Gasteiger charge is -2.21. The van der Waals surface area contributed by atoms with E-state index in [0.29, 0.717) is 25.9 Å². The first-order chi connectivity index (χ1) is 15.1. The molecular formula is C21H28F3N3O5. The number of Topliss-reactive ketones (excluding diaryl/α,β-unsaturated/α-hetero) is 1. The second-order valence-corrected chi connectivity index (χ2v) is 7.04. The Balaban J connectivity index is 3.57. The molecule has 8 nitrogen and oxygen atoms in total. The fourth-order valence-electron chi connectivity index (χ4n) is 2.82. The number of unbranched alkanes of at least 4 members (excludes halogenated alkanes) is 1. The number of benzene rings is 1. The number of ketones is 1. The Morgan fingerprint density at radius 3 is 2.16 bits per heavy atom. The van der Waals surface area contributed by atoms with E-state index in [1.807, 2.05) is 20.8 Å². The van der Waals surface area contributed by atoms with Crippen molar-refractivity contribution in [3.05, 3.63) is 50.5 Å². The molecule has 0 saturated carbocycles. The quantitative estimate of drug-likeness (QED) is 0.0538. The molecule has 0 fully saturated rings. The average Bonchev–Trinajstić information content (AvgIpc) is 2.74. The van der Waals surface area contributed by atoms with Crippen LogP contribution in [-0.2, 0) is 9.53 Å². The summed E-state index contributed by atoms with van der Waals surface area (Å²) < 4.78 is 47.9. The summed E-state index contributed by atoms with van der Waals surface area (Å²) >= 11 is 0. The summed E-state index contributed by atoms with van der Waals surface area (Å²) in [5, 5.41) is 13.0. The highest BCUT2D eigenvalue weighted by molar-refractivity contribution is 6.25. The Labute approximate surface area is 184 Å². The van der Waals surface area contributed by atoms with Crippen LogP contribution in [0.3, 0.4) is 0 Å². The molecule has 1 aromatic carbocycles. The number of carbonyl (C=O) groups is 2. The molecule has 0 spiro atoms. The van der Waals surface area contributed by atoms with Gasteiger partial charge in [0.05, 0.1) is 11.5 Å². The lowest BCUT2D eigenvalue weighted by molar-refractivity contribution is -0.388. The van der Waals surface area contributed by atoms with Crippen LogP contribution < -0.4 is 5.43 Å². The summed E-state index contributed by atoms with van der Waals surface area (Å²) in [5.41, 5.74) is -1.97. The number of esters is 1. The maximum absolute atomic E-state index is 14.7. The van der Waals surface area contributed by atoms with Gasteiger partial charge < -0.3 is 10.2 Å². The summed E-state index contributed by atoms with van der Waals surface area (Å²) in [5.74, 6) is -8.04. The molecule has 1 N–H and O–H groups in total. The third kappa shape index (κ3) is 6.52. The largest absolute Gasteiger partial charge is 0.462 e. The molecule has 1 rings (SSSR count). The molecule has 0 atom stereocenters. The Morgan fingerprint density at radius 1 is 1.06 bits per heavy atom. The van der Waals surface area contributed by atoms with E-state index in [0.717, 1.165) is 26.0 Å². The third-order valence-corrected chi connectivity index (χ3v) is 4.50. The minimum absolute atomic E-state index is 0.0467. The minimum Gasteiger partial charge on any atom is -0.462 e. The van der Waals surface area contributed by atoms with Crippen molar-refractivity contribution < 1.29 is 32.4 Å². The lowest BCUT2D eigenvalue weighted by atomic mass is 9.98. The maximum atomic E-state index is 14.7. The molecule has 178 valence electrons. The molecule has 0 aliphatic carbocycles. The molecule has 0 heterocycles. The minimum atomic E-state index is -1.98. The number of ether oxygens (including phenoxy) is 1. The predicted octanol–water partition coefficient (Wildman–Crippen LogP) is 4.36. The van der Waals surface area contributed by atoms with Gasteiger partial charge in [0.2, 0.25) is 11.6 Å². The fraction of sp³-hybridized carbons (Fsp3) is 0.524. The average molecular weight is 459 g/mol. The maximum Gasteiger partial charge on any atom is 0.343 e. The summed E-state index contributed by atoms with van der Waals surface area (Å²) in [6.07, 6.45) is 3.57. The van der Waals surface area contributed by atoms with Crippen LogP contribution in [0.4, 0.5) is 18.9 Å². The van der Waals surface area contributed by atoms with Gasteiger partial charge in [0, 0.05) is 24.9 Å². The number of nitro benzene ring substituents is 1. The van der Waals surface area contributed by atoms with Crippen molar-refractivity contribution >= 4 is 17.4 Å². The van der Waals surface area contributed by atoms with Crippen molar-refractivity contribution in [1.82, 2.24) is 10.4 Å². The van der Waals surface area contributed by atoms with E-state index in [1.54, 1.807) is 5.01 Å². The fourth-order valence-corrected chi connectivity index (χ4v) is 2.82. The highest BCUT2D eigenvalue weighted by Gasteiger charge is 2.37. The van der Waals surface area contributed by atoms with Gasteiger partial charge in [-0.2, -0.15) is 4.39 Å². The molecule has 0 aliphatic rings. The zero-order chi connectivity index (χ0) is 24.4. The van der Waals surface area contributed by atoms with Crippen LogP contribution >= 0.6 is 0 Å². The molecule has 32 heavy (non-hydrogen) atoms. The Bertz CT molecular complexity index is 884. The molecule has 1 aromatic rings. The monoisotopic (exact) mass is 459 g/mol. The lowest BCUT2D eigenvalue weighted by Crippen LogP contribution is -2.37. The first-order valence-corrected chi connectivity index (χ1v) is 10.4. The normalized spacial score (nSPS) is 11.6. The highest BCUT2D eigenvalue weighted by Crippen LogP contribution is 2.32. The van der Waals surface area contributed by atoms with Gasteiger partial charge >= 0.3 is 11.7 Å². The molecule has 0 amide bonds. The van der Waals surface area contributed by atoms with Gasteiger partial charge in [0.1, 0.15) is 17.0 Å². The van der Waals surface area contributed by atoms with Crippen LogP contribution in [0.15, 0.2) is 11.8 Å². The zero-order valence-electron chi connectivity index (χ0n) is 18.6. The second-order valence-electron chi connectivity index (χ2n) is 7.04. The van der Waals surface area contributed by atoms with Crippen molar-refractivity contribution in [3.63, 3.8) is 0 Å². The summed E-state index contributed by atoms with van der Waals surface area (Å²) in [4.78, 5) is 35.5. The first-order valence-electron chi connectivity index (χ1n) is 10.4. The van der Waals surface area contributed by atoms with Gasteiger partial charge in [-0.05, 0) is 26.2 Å². The van der Waals surface area contributed by atoms with Crippen LogP contribution in [0.1, 0.15) is 62.4 Å². The van der Waals surface area contributed by atoms with Gasteiger partial charge in [0.25, 0.3) is 0 Å². The standard InChI is InChI=1S/C21H28F3N3O5/c1-5-8-11-32-21(29)14(12-25-26(9-6-2)10-7-3)20(28)15-16(22)13(4)17(23)18(24)19(15)27(30)31/h12,25H,5-11H2,1-4H3/b14-12+. The van der Waals surface area contributed by atoms with Crippen LogP contribution in [-0.4, -0.2) is 41.4 Å². The number of nitrogens with zero attached hydrogens (tertiary/aromatic N) is 2. The van der Waals surface area contributed by atoms with Gasteiger partial charge in [-0.3, -0.25) is 14.9 Å². The first kappa shape index (κ1) is 27.1. The van der Waals surface area contributed by atoms with E-state index < -0.39 is 56.5 Å². The third-order valence-electron chi connectivity index (χ3n) is 4.50. The second kappa shape index (κ2) is 12.8. The van der Waals surface area contributed by atoms with Gasteiger partial charge in [0.15, 0.2) is 5.82 Å². The van der Waals surface area contributed by atoms with Crippen molar-refractivity contribution in [2.75, 3.05) is 19.7 Å². The number of rotatable bonds is 13. The van der Waals surface area contributed by atoms with E-state index in [4.69, 9.17) is 4.74 Å². The Kier molecular flexibility index (Phi) is 10.8. The molecule has 11 heteroatoms. The van der Waals surface area contributed by atoms with Crippen molar-refractivity contribution in [2.24, 2.45) is 0 Å². The zero-order valence-corrected chi connectivity index (χ0v) is 18.6. The summed E-state index contributed by atoms with van der Waals surface area (Å²) in [6.45, 7) is 7.51. The summed E-state index contributed by atoms with van der Waals surface area (Å²) in [7, 11) is 0. The van der Waals surface area contributed by atoms with E-state index in [-0.39, 0.29) is 6.61 Å². The van der Waals surface area contributed by atoms with E-state index in [1.165, 1.54) is 0 Å². The van der Waals surface area contributed by atoms with Crippen molar-refractivity contribution in [2.45, 2.75) is 53.4 Å².